The van der Waals surface area contributed by atoms with Gasteiger partial charge in [0.2, 0.25) is 11.8 Å². The van der Waals surface area contributed by atoms with Crippen molar-refractivity contribution >= 4 is 35.1 Å². The summed E-state index contributed by atoms with van der Waals surface area (Å²) in [6.07, 6.45) is 0.379. The normalized spacial score (nSPS) is 13.4. The second-order valence-electron chi connectivity index (χ2n) is 6.03. The van der Waals surface area contributed by atoms with Crippen LogP contribution in [0.5, 0.6) is 5.75 Å². The van der Waals surface area contributed by atoms with E-state index in [0.29, 0.717) is 17.0 Å². The average Bonchev–Trinajstić information content (AvgIpc) is 3.05. The molecule has 0 unspecified atom stereocenters. The number of esters is 1. The molecule has 1 saturated heterocycles. The number of anilines is 2. The van der Waals surface area contributed by atoms with E-state index in [1.54, 1.807) is 12.1 Å². The largest absolute Gasteiger partial charge is 0.497 e. The Morgan fingerprint density at radius 1 is 0.964 bits per heavy atom. The molecule has 8 nitrogen and oxygen atoms in total. The SMILES string of the molecule is COC(=O)c1cc(OC)ccc1NC(=O)c1ccc(N2C(=O)CCC2=O)cc1. The Labute approximate surface area is 161 Å². The van der Waals surface area contributed by atoms with Crippen LogP contribution in [0.4, 0.5) is 11.4 Å². The molecule has 2 aromatic carbocycles. The van der Waals surface area contributed by atoms with Crippen LogP contribution in [0.1, 0.15) is 33.6 Å². The van der Waals surface area contributed by atoms with Crippen molar-refractivity contribution in [2.24, 2.45) is 0 Å². The Morgan fingerprint density at radius 3 is 2.18 bits per heavy atom. The van der Waals surface area contributed by atoms with Crippen molar-refractivity contribution in [3.63, 3.8) is 0 Å². The van der Waals surface area contributed by atoms with Crippen LogP contribution in [0.3, 0.4) is 0 Å². The van der Waals surface area contributed by atoms with E-state index in [-0.39, 0.29) is 35.9 Å². The lowest BCUT2D eigenvalue weighted by Gasteiger charge is -2.14. The number of rotatable bonds is 5. The van der Waals surface area contributed by atoms with Crippen LogP contribution >= 0.6 is 0 Å². The van der Waals surface area contributed by atoms with Gasteiger partial charge in [0.15, 0.2) is 0 Å². The highest BCUT2D eigenvalue weighted by Gasteiger charge is 2.30. The summed E-state index contributed by atoms with van der Waals surface area (Å²) >= 11 is 0. The van der Waals surface area contributed by atoms with Gasteiger partial charge >= 0.3 is 5.97 Å². The molecule has 1 N–H and O–H groups in total. The van der Waals surface area contributed by atoms with Gasteiger partial charge in [-0.1, -0.05) is 0 Å². The molecular weight excluding hydrogens is 364 g/mol. The van der Waals surface area contributed by atoms with Crippen LogP contribution < -0.4 is 15.0 Å². The molecule has 0 saturated carbocycles. The van der Waals surface area contributed by atoms with Crippen LogP contribution in [0, 0.1) is 0 Å². The van der Waals surface area contributed by atoms with Crippen molar-refractivity contribution in [3.05, 3.63) is 53.6 Å². The third-order valence-electron chi connectivity index (χ3n) is 4.32. The Bertz CT molecular complexity index is 936. The molecule has 1 fully saturated rings. The zero-order valence-electron chi connectivity index (χ0n) is 15.4. The van der Waals surface area contributed by atoms with Gasteiger partial charge in [-0.3, -0.25) is 19.3 Å². The predicted octanol–water partition coefficient (Wildman–Crippen LogP) is 2.39. The summed E-state index contributed by atoms with van der Waals surface area (Å²) < 4.78 is 9.83. The molecule has 0 bridgehead atoms. The van der Waals surface area contributed by atoms with E-state index in [1.807, 2.05) is 0 Å². The minimum Gasteiger partial charge on any atom is -0.497 e. The number of benzene rings is 2. The lowest BCUT2D eigenvalue weighted by atomic mass is 10.1. The van der Waals surface area contributed by atoms with Gasteiger partial charge in [0, 0.05) is 18.4 Å². The summed E-state index contributed by atoms with van der Waals surface area (Å²) in [5.74, 6) is -1.15. The van der Waals surface area contributed by atoms with E-state index >= 15 is 0 Å². The minimum absolute atomic E-state index is 0.153. The third kappa shape index (κ3) is 3.71. The fourth-order valence-electron chi connectivity index (χ4n) is 2.86. The maximum absolute atomic E-state index is 12.6. The Morgan fingerprint density at radius 2 is 1.61 bits per heavy atom. The Balaban J connectivity index is 1.81. The molecule has 1 heterocycles. The van der Waals surface area contributed by atoms with Gasteiger partial charge in [0.1, 0.15) is 5.75 Å². The van der Waals surface area contributed by atoms with E-state index in [9.17, 15) is 19.2 Å². The summed E-state index contributed by atoms with van der Waals surface area (Å²) in [4.78, 5) is 49.2. The van der Waals surface area contributed by atoms with E-state index in [2.05, 4.69) is 5.32 Å². The summed E-state index contributed by atoms with van der Waals surface area (Å²) in [5.41, 5.74) is 1.14. The van der Waals surface area contributed by atoms with Crippen molar-refractivity contribution < 1.29 is 28.7 Å². The summed E-state index contributed by atoms with van der Waals surface area (Å²) in [6, 6.07) is 10.7. The van der Waals surface area contributed by atoms with Crippen molar-refractivity contribution in [2.45, 2.75) is 12.8 Å². The number of hydrogen-bond acceptors (Lipinski definition) is 6. The molecular formula is C20H18N2O6. The number of methoxy groups -OCH3 is 2. The smallest absolute Gasteiger partial charge is 0.340 e. The highest BCUT2D eigenvalue weighted by atomic mass is 16.5. The maximum atomic E-state index is 12.6. The van der Waals surface area contributed by atoms with Gasteiger partial charge in [-0.05, 0) is 42.5 Å². The summed E-state index contributed by atoms with van der Waals surface area (Å²) in [6.45, 7) is 0. The maximum Gasteiger partial charge on any atom is 0.340 e. The van der Waals surface area contributed by atoms with Gasteiger partial charge in [0.05, 0.1) is 31.2 Å². The van der Waals surface area contributed by atoms with Crippen molar-refractivity contribution in [3.8, 4) is 5.75 Å². The van der Waals surface area contributed by atoms with Crippen LogP contribution in [-0.2, 0) is 14.3 Å². The standard InChI is InChI=1S/C20H18N2O6/c1-27-14-7-8-16(15(11-14)20(26)28-2)21-19(25)12-3-5-13(6-4-12)22-17(23)9-10-18(22)24/h3-8,11H,9-10H2,1-2H3,(H,21,25). The molecule has 3 amide bonds. The minimum atomic E-state index is -0.615. The lowest BCUT2D eigenvalue weighted by molar-refractivity contribution is -0.121. The van der Waals surface area contributed by atoms with Crippen LogP contribution in [0.2, 0.25) is 0 Å². The lowest BCUT2D eigenvalue weighted by Crippen LogP contribution is -2.28. The predicted molar refractivity (Wildman–Crippen MR) is 100 cm³/mol. The van der Waals surface area contributed by atoms with Gasteiger partial charge in [0.25, 0.3) is 5.91 Å². The summed E-state index contributed by atoms with van der Waals surface area (Å²) in [7, 11) is 2.71. The molecule has 2 aromatic rings. The molecule has 0 radical (unpaired) electrons. The zero-order chi connectivity index (χ0) is 20.3. The summed E-state index contributed by atoms with van der Waals surface area (Å²) in [5, 5.41) is 2.66. The van der Waals surface area contributed by atoms with Crippen LogP contribution in [0.15, 0.2) is 42.5 Å². The van der Waals surface area contributed by atoms with Gasteiger partial charge in [-0.15, -0.1) is 0 Å². The number of nitrogens with one attached hydrogen (secondary N) is 1. The first kappa shape index (κ1) is 19.1. The van der Waals surface area contributed by atoms with Crippen LogP contribution in [0.25, 0.3) is 0 Å². The molecule has 1 aliphatic heterocycles. The molecule has 0 atom stereocenters. The first-order valence-electron chi connectivity index (χ1n) is 8.48. The van der Waals surface area contributed by atoms with E-state index in [1.165, 1.54) is 44.6 Å². The van der Waals surface area contributed by atoms with E-state index in [4.69, 9.17) is 9.47 Å². The quantitative estimate of drug-likeness (QED) is 0.629. The number of carbonyl (C=O) groups is 4. The fourth-order valence-corrected chi connectivity index (χ4v) is 2.86. The van der Waals surface area contributed by atoms with Gasteiger partial charge < -0.3 is 14.8 Å². The zero-order valence-corrected chi connectivity index (χ0v) is 15.4. The molecule has 8 heteroatoms. The molecule has 3 rings (SSSR count). The van der Waals surface area contributed by atoms with Crippen LogP contribution in [-0.4, -0.2) is 37.9 Å². The average molecular weight is 382 g/mol. The second kappa shape index (κ2) is 7.91. The molecule has 0 spiro atoms. The van der Waals surface area contributed by atoms with Crippen molar-refractivity contribution in [1.82, 2.24) is 0 Å². The highest BCUT2D eigenvalue weighted by molar-refractivity contribution is 6.20. The topological polar surface area (TPSA) is 102 Å². The fraction of sp³-hybridized carbons (Fsp3) is 0.200. The monoisotopic (exact) mass is 382 g/mol. The number of amides is 3. The number of ether oxygens (including phenoxy) is 2. The molecule has 0 aliphatic carbocycles. The van der Waals surface area contributed by atoms with Gasteiger partial charge in [-0.25, -0.2) is 4.79 Å². The molecule has 1 aliphatic rings. The first-order valence-corrected chi connectivity index (χ1v) is 8.48. The number of nitrogens with zero attached hydrogens (tertiary/aromatic N) is 1. The number of carbonyl (C=O) groups excluding carboxylic acids is 4. The second-order valence-corrected chi connectivity index (χ2v) is 6.03. The molecule has 144 valence electrons. The van der Waals surface area contributed by atoms with E-state index in [0.717, 1.165) is 4.90 Å². The van der Waals surface area contributed by atoms with E-state index < -0.39 is 11.9 Å². The Kier molecular flexibility index (Phi) is 5.39. The highest BCUT2D eigenvalue weighted by Crippen LogP contribution is 2.25. The number of hydrogen-bond donors (Lipinski definition) is 1. The van der Waals surface area contributed by atoms with Gasteiger partial charge in [-0.2, -0.15) is 0 Å². The first-order chi connectivity index (χ1) is 13.4. The van der Waals surface area contributed by atoms with Crippen molar-refractivity contribution in [1.29, 1.82) is 0 Å². The third-order valence-corrected chi connectivity index (χ3v) is 4.32. The molecule has 0 aromatic heterocycles. The number of imide groups is 1. The Hall–Kier alpha value is -3.68. The molecule has 28 heavy (non-hydrogen) atoms. The van der Waals surface area contributed by atoms with Crippen molar-refractivity contribution in [2.75, 3.05) is 24.4 Å².